The number of aryl methyl sites for hydroxylation is 1. The number of ether oxygens (including phenoxy) is 2. The van der Waals surface area contributed by atoms with Crippen molar-refractivity contribution < 1.29 is 9.47 Å². The molecule has 0 unspecified atom stereocenters. The second-order valence-electron chi connectivity index (χ2n) is 8.27. The minimum absolute atomic E-state index is 0.399. The van der Waals surface area contributed by atoms with E-state index in [1.807, 2.05) is 41.7 Å². The third-order valence-electron chi connectivity index (χ3n) is 6.31. The van der Waals surface area contributed by atoms with E-state index in [0.717, 1.165) is 59.7 Å². The van der Waals surface area contributed by atoms with E-state index in [0.29, 0.717) is 24.1 Å². The van der Waals surface area contributed by atoms with Gasteiger partial charge >= 0.3 is 0 Å². The van der Waals surface area contributed by atoms with Crippen LogP contribution >= 0.6 is 11.6 Å². The van der Waals surface area contributed by atoms with E-state index in [2.05, 4.69) is 15.2 Å². The van der Waals surface area contributed by atoms with Crippen molar-refractivity contribution in [2.75, 3.05) is 36.5 Å². The number of aromatic nitrogens is 4. The largest absolute Gasteiger partial charge is 0.356 e. The Morgan fingerprint density at radius 2 is 1.88 bits per heavy atom. The molecular weight excluding hydrogens is 428 g/mol. The van der Waals surface area contributed by atoms with Gasteiger partial charge in [0.2, 0.25) is 0 Å². The van der Waals surface area contributed by atoms with Gasteiger partial charge in [-0.3, -0.25) is 4.40 Å². The maximum Gasteiger partial charge on any atom is 0.171 e. The van der Waals surface area contributed by atoms with Gasteiger partial charge in [-0.25, -0.2) is 15.0 Å². The highest BCUT2D eigenvalue weighted by Crippen LogP contribution is 2.34. The first-order valence-corrected chi connectivity index (χ1v) is 11.2. The maximum absolute atomic E-state index is 6.43. The number of imidazole rings is 1. The summed E-state index contributed by atoms with van der Waals surface area (Å²) < 4.78 is 13.7. The molecule has 4 aromatic rings. The molecule has 6 rings (SSSR count). The normalized spacial score (nSPS) is 18.1. The summed E-state index contributed by atoms with van der Waals surface area (Å²) in [7, 11) is 0. The van der Waals surface area contributed by atoms with Gasteiger partial charge in [0, 0.05) is 25.9 Å². The lowest BCUT2D eigenvalue weighted by Crippen LogP contribution is -2.45. The van der Waals surface area contributed by atoms with E-state index in [4.69, 9.17) is 31.0 Å². The topological polar surface area (TPSA) is 76.8 Å². The van der Waals surface area contributed by atoms with Gasteiger partial charge in [-0.1, -0.05) is 23.7 Å². The molecule has 8 nitrogen and oxygen atoms in total. The van der Waals surface area contributed by atoms with Crippen LogP contribution in [-0.2, 0) is 9.47 Å². The molecule has 1 spiro atoms. The van der Waals surface area contributed by atoms with Crippen LogP contribution in [0, 0.1) is 6.92 Å². The third kappa shape index (κ3) is 3.26. The fourth-order valence-electron chi connectivity index (χ4n) is 4.55. The molecular formula is C23H23ClN6O2. The first-order valence-electron chi connectivity index (χ1n) is 10.8. The Bertz CT molecular complexity index is 1290. The van der Waals surface area contributed by atoms with Crippen molar-refractivity contribution in [2.24, 2.45) is 0 Å². The van der Waals surface area contributed by atoms with E-state index in [9.17, 15) is 0 Å². The zero-order valence-corrected chi connectivity index (χ0v) is 18.5. The second kappa shape index (κ2) is 7.58. The van der Waals surface area contributed by atoms with Crippen LogP contribution < -0.4 is 10.2 Å². The molecule has 5 heterocycles. The van der Waals surface area contributed by atoms with Crippen molar-refractivity contribution in [1.82, 2.24) is 19.4 Å². The summed E-state index contributed by atoms with van der Waals surface area (Å²) in [5.41, 5.74) is 4.27. The molecule has 3 aromatic heterocycles. The molecule has 0 saturated carbocycles. The molecule has 0 aliphatic carbocycles. The summed E-state index contributed by atoms with van der Waals surface area (Å²) in [6, 6.07) is 9.85. The highest BCUT2D eigenvalue weighted by atomic mass is 35.5. The van der Waals surface area contributed by atoms with Crippen LogP contribution in [0.5, 0.6) is 0 Å². The Hall–Kier alpha value is -2.94. The van der Waals surface area contributed by atoms with Gasteiger partial charge in [-0.15, -0.1) is 0 Å². The molecule has 1 N–H and O–H groups in total. The van der Waals surface area contributed by atoms with Gasteiger partial charge in [0.05, 0.1) is 30.1 Å². The first-order chi connectivity index (χ1) is 15.6. The number of hydrogen-bond acceptors (Lipinski definition) is 7. The number of rotatable bonds is 3. The van der Waals surface area contributed by atoms with Crippen molar-refractivity contribution in [3.05, 3.63) is 53.4 Å². The Morgan fingerprint density at radius 3 is 2.66 bits per heavy atom. The van der Waals surface area contributed by atoms with E-state index in [1.54, 1.807) is 12.5 Å². The highest BCUT2D eigenvalue weighted by Gasteiger charge is 2.40. The minimum Gasteiger partial charge on any atom is -0.356 e. The van der Waals surface area contributed by atoms with Crippen LogP contribution in [0.4, 0.5) is 17.3 Å². The molecule has 0 radical (unpaired) electrons. The van der Waals surface area contributed by atoms with Crippen LogP contribution in [0.15, 0.2) is 42.9 Å². The van der Waals surface area contributed by atoms with Gasteiger partial charge in [0.25, 0.3) is 0 Å². The number of anilines is 3. The number of nitrogens with zero attached hydrogens (tertiary/aromatic N) is 5. The minimum atomic E-state index is -0.399. The average Bonchev–Trinajstić information content (AvgIpc) is 3.47. The van der Waals surface area contributed by atoms with Gasteiger partial charge in [-0.05, 0) is 30.7 Å². The molecule has 0 atom stereocenters. The molecule has 2 aliphatic heterocycles. The number of fused-ring (bicyclic) bond motifs is 3. The summed E-state index contributed by atoms with van der Waals surface area (Å²) in [4.78, 5) is 16.4. The van der Waals surface area contributed by atoms with Crippen molar-refractivity contribution in [3.63, 3.8) is 0 Å². The average molecular weight is 451 g/mol. The van der Waals surface area contributed by atoms with Crippen molar-refractivity contribution in [1.29, 1.82) is 0 Å². The molecule has 164 valence electrons. The SMILES string of the molecule is Cc1cccc(Cl)c1Nc1nc2ccc(N3CCC4(CC3)OCCO4)nc2n2cncc12. The van der Waals surface area contributed by atoms with Gasteiger partial charge < -0.3 is 19.7 Å². The lowest BCUT2D eigenvalue weighted by atomic mass is 10.0. The molecule has 1 aromatic carbocycles. The number of para-hydroxylation sites is 1. The van der Waals surface area contributed by atoms with Crippen molar-refractivity contribution in [2.45, 2.75) is 25.6 Å². The van der Waals surface area contributed by atoms with E-state index in [1.165, 1.54) is 0 Å². The Labute approximate surface area is 190 Å². The summed E-state index contributed by atoms with van der Waals surface area (Å²) in [6.07, 6.45) is 5.23. The number of pyridine rings is 1. The van der Waals surface area contributed by atoms with Crippen LogP contribution in [0.3, 0.4) is 0 Å². The molecule has 2 aliphatic rings. The number of piperidine rings is 1. The van der Waals surface area contributed by atoms with Gasteiger partial charge in [0.1, 0.15) is 23.2 Å². The molecule has 0 amide bonds. The number of halogens is 1. The number of benzene rings is 1. The molecule has 9 heteroatoms. The lowest BCUT2D eigenvalue weighted by Gasteiger charge is -2.38. The highest BCUT2D eigenvalue weighted by molar-refractivity contribution is 6.33. The Kier molecular flexibility index (Phi) is 4.67. The predicted octanol–water partition coefficient (Wildman–Crippen LogP) is 4.33. The molecule has 0 bridgehead atoms. The van der Waals surface area contributed by atoms with Crippen LogP contribution in [0.25, 0.3) is 16.7 Å². The Balaban J connectivity index is 1.35. The maximum atomic E-state index is 6.43. The second-order valence-corrected chi connectivity index (χ2v) is 8.68. The van der Waals surface area contributed by atoms with E-state index < -0.39 is 5.79 Å². The third-order valence-corrected chi connectivity index (χ3v) is 6.62. The van der Waals surface area contributed by atoms with E-state index >= 15 is 0 Å². The summed E-state index contributed by atoms with van der Waals surface area (Å²) in [5.74, 6) is 1.21. The fraction of sp³-hybridized carbons (Fsp3) is 0.348. The Morgan fingerprint density at radius 1 is 1.06 bits per heavy atom. The standard InChI is InChI=1S/C23H23ClN6O2/c1-15-3-2-4-16(24)20(15)28-21-18-13-25-14-30(18)22-17(26-21)5-6-19(27-22)29-9-7-23(8-10-29)31-11-12-32-23/h2-6,13-14H,7-12H2,1H3,(H,26,28). The molecule has 32 heavy (non-hydrogen) atoms. The van der Waals surface area contributed by atoms with Crippen LogP contribution in [-0.4, -0.2) is 51.4 Å². The van der Waals surface area contributed by atoms with E-state index in [-0.39, 0.29) is 0 Å². The number of nitrogens with one attached hydrogen (secondary N) is 1. The van der Waals surface area contributed by atoms with Crippen LogP contribution in [0.2, 0.25) is 5.02 Å². The quantitative estimate of drug-likeness (QED) is 0.498. The summed E-state index contributed by atoms with van der Waals surface area (Å²) in [6.45, 7) is 5.06. The summed E-state index contributed by atoms with van der Waals surface area (Å²) in [5, 5.41) is 4.05. The summed E-state index contributed by atoms with van der Waals surface area (Å²) >= 11 is 6.43. The fourth-order valence-corrected chi connectivity index (χ4v) is 4.82. The zero-order valence-electron chi connectivity index (χ0n) is 17.7. The van der Waals surface area contributed by atoms with Crippen molar-refractivity contribution in [3.8, 4) is 0 Å². The smallest absolute Gasteiger partial charge is 0.171 e. The molecule has 2 saturated heterocycles. The number of hydrogen-bond donors (Lipinski definition) is 1. The lowest BCUT2D eigenvalue weighted by molar-refractivity contribution is -0.169. The van der Waals surface area contributed by atoms with Crippen molar-refractivity contribution >= 4 is 45.6 Å². The predicted molar refractivity (Wildman–Crippen MR) is 124 cm³/mol. The van der Waals surface area contributed by atoms with Gasteiger partial charge in [0.15, 0.2) is 17.3 Å². The van der Waals surface area contributed by atoms with Gasteiger partial charge in [-0.2, -0.15) is 0 Å². The first kappa shape index (κ1) is 19.7. The zero-order chi connectivity index (χ0) is 21.7. The van der Waals surface area contributed by atoms with Crippen LogP contribution in [0.1, 0.15) is 18.4 Å². The molecule has 2 fully saturated rings. The monoisotopic (exact) mass is 450 g/mol.